The summed E-state index contributed by atoms with van der Waals surface area (Å²) in [6.45, 7) is 4.95. The molecule has 5 heteroatoms. The van der Waals surface area contributed by atoms with E-state index in [1.165, 1.54) is 24.8 Å². The third kappa shape index (κ3) is 4.16. The van der Waals surface area contributed by atoms with E-state index in [0.717, 1.165) is 43.9 Å². The maximum absolute atomic E-state index is 6.10. The molecule has 1 fully saturated rings. The molecule has 0 spiro atoms. The van der Waals surface area contributed by atoms with E-state index in [1.54, 1.807) is 0 Å². The Balaban J connectivity index is 1.52. The van der Waals surface area contributed by atoms with Crippen LogP contribution in [0.4, 0.5) is 0 Å². The number of benzene rings is 1. The van der Waals surface area contributed by atoms with Crippen molar-refractivity contribution in [1.29, 1.82) is 0 Å². The molecular weight excluding hydrogens is 298 g/mol. The van der Waals surface area contributed by atoms with Crippen molar-refractivity contribution in [2.75, 3.05) is 19.6 Å². The van der Waals surface area contributed by atoms with Crippen LogP contribution in [0, 0.1) is 6.92 Å². The first-order valence-corrected chi connectivity index (χ1v) is 8.89. The standard InChI is InChI=1S/C19H27N5/c1-16-17(15-24(22-16)18-10-4-2-5-11-18)9-8-12-21-19(20)23-13-6-3-7-14-23/h2,4-5,10-11,15H,3,6-9,12-14H2,1H3,(H2,20,21). The van der Waals surface area contributed by atoms with Crippen LogP contribution in [-0.4, -0.2) is 40.3 Å². The highest BCUT2D eigenvalue weighted by Gasteiger charge is 2.11. The molecule has 0 unspecified atom stereocenters. The highest BCUT2D eigenvalue weighted by atomic mass is 15.3. The molecule has 0 bridgehead atoms. The molecule has 1 aliphatic heterocycles. The molecule has 3 rings (SSSR count). The Labute approximate surface area is 144 Å². The van der Waals surface area contributed by atoms with Crippen molar-refractivity contribution in [1.82, 2.24) is 14.7 Å². The van der Waals surface area contributed by atoms with Crippen molar-refractivity contribution in [3.05, 3.63) is 47.8 Å². The molecule has 0 amide bonds. The van der Waals surface area contributed by atoms with Gasteiger partial charge >= 0.3 is 0 Å². The maximum atomic E-state index is 6.10. The third-order valence-corrected chi connectivity index (χ3v) is 4.58. The predicted molar refractivity (Wildman–Crippen MR) is 98.5 cm³/mol. The predicted octanol–water partition coefficient (Wildman–Crippen LogP) is 2.91. The van der Waals surface area contributed by atoms with Gasteiger partial charge in [-0.15, -0.1) is 0 Å². The first-order valence-electron chi connectivity index (χ1n) is 8.89. The number of guanidine groups is 1. The zero-order chi connectivity index (χ0) is 16.8. The third-order valence-electron chi connectivity index (χ3n) is 4.58. The van der Waals surface area contributed by atoms with Gasteiger partial charge in [0.2, 0.25) is 0 Å². The lowest BCUT2D eigenvalue weighted by atomic mass is 10.1. The smallest absolute Gasteiger partial charge is 0.191 e. The minimum atomic E-state index is 0.714. The molecule has 1 aromatic heterocycles. The van der Waals surface area contributed by atoms with Gasteiger partial charge in [0.25, 0.3) is 0 Å². The van der Waals surface area contributed by atoms with E-state index >= 15 is 0 Å². The normalized spacial score (nSPS) is 15.7. The number of likely N-dealkylation sites (tertiary alicyclic amines) is 1. The van der Waals surface area contributed by atoms with Crippen molar-refractivity contribution in [3.63, 3.8) is 0 Å². The van der Waals surface area contributed by atoms with Gasteiger partial charge in [-0.3, -0.25) is 4.99 Å². The van der Waals surface area contributed by atoms with Crippen LogP contribution < -0.4 is 5.73 Å². The van der Waals surface area contributed by atoms with E-state index in [9.17, 15) is 0 Å². The molecule has 1 saturated heterocycles. The number of aryl methyl sites for hydroxylation is 2. The van der Waals surface area contributed by atoms with Gasteiger partial charge in [0, 0.05) is 25.8 Å². The summed E-state index contributed by atoms with van der Waals surface area (Å²) >= 11 is 0. The summed E-state index contributed by atoms with van der Waals surface area (Å²) in [6.07, 6.45) is 7.88. The van der Waals surface area contributed by atoms with E-state index in [0.29, 0.717) is 5.96 Å². The summed E-state index contributed by atoms with van der Waals surface area (Å²) in [5.74, 6) is 0.714. The highest BCUT2D eigenvalue weighted by molar-refractivity contribution is 5.78. The molecule has 0 aliphatic carbocycles. The summed E-state index contributed by atoms with van der Waals surface area (Å²) in [5.41, 5.74) is 9.57. The molecule has 1 aromatic carbocycles. The van der Waals surface area contributed by atoms with Crippen LogP contribution in [0.5, 0.6) is 0 Å². The number of nitrogens with zero attached hydrogens (tertiary/aromatic N) is 4. The van der Waals surface area contributed by atoms with Gasteiger partial charge < -0.3 is 10.6 Å². The number of aliphatic imine (C=N–C) groups is 1. The number of hydrogen-bond donors (Lipinski definition) is 1. The first-order chi connectivity index (χ1) is 11.7. The minimum absolute atomic E-state index is 0.714. The van der Waals surface area contributed by atoms with Crippen LogP contribution in [-0.2, 0) is 6.42 Å². The maximum Gasteiger partial charge on any atom is 0.191 e. The fourth-order valence-corrected chi connectivity index (χ4v) is 3.14. The fraction of sp³-hybridized carbons (Fsp3) is 0.474. The summed E-state index contributed by atoms with van der Waals surface area (Å²) in [4.78, 5) is 6.76. The van der Waals surface area contributed by atoms with Gasteiger partial charge in [0.1, 0.15) is 0 Å². The number of para-hydroxylation sites is 1. The van der Waals surface area contributed by atoms with Crippen molar-refractivity contribution in [3.8, 4) is 5.69 Å². The second-order valence-electron chi connectivity index (χ2n) is 6.41. The van der Waals surface area contributed by atoms with E-state index in [2.05, 4.69) is 40.2 Å². The molecule has 24 heavy (non-hydrogen) atoms. The monoisotopic (exact) mass is 325 g/mol. The average molecular weight is 325 g/mol. The zero-order valence-corrected chi connectivity index (χ0v) is 14.5. The van der Waals surface area contributed by atoms with E-state index in [-0.39, 0.29) is 0 Å². The van der Waals surface area contributed by atoms with Crippen LogP contribution in [0.2, 0.25) is 0 Å². The quantitative estimate of drug-likeness (QED) is 0.522. The fourth-order valence-electron chi connectivity index (χ4n) is 3.14. The van der Waals surface area contributed by atoms with E-state index in [1.807, 2.05) is 22.9 Å². The number of aromatic nitrogens is 2. The van der Waals surface area contributed by atoms with Crippen LogP contribution >= 0.6 is 0 Å². The molecule has 1 aliphatic rings. The molecule has 128 valence electrons. The van der Waals surface area contributed by atoms with Crippen LogP contribution in [0.3, 0.4) is 0 Å². The largest absolute Gasteiger partial charge is 0.370 e. The first kappa shape index (κ1) is 16.6. The highest BCUT2D eigenvalue weighted by Crippen LogP contribution is 2.13. The van der Waals surface area contributed by atoms with Crippen molar-refractivity contribution < 1.29 is 0 Å². The summed E-state index contributed by atoms with van der Waals surface area (Å²) in [5, 5.41) is 4.62. The average Bonchev–Trinajstić information content (AvgIpc) is 3.01. The Morgan fingerprint density at radius 1 is 1.17 bits per heavy atom. The van der Waals surface area contributed by atoms with Gasteiger partial charge in [0.15, 0.2) is 5.96 Å². The van der Waals surface area contributed by atoms with Gasteiger partial charge in [-0.05, 0) is 56.7 Å². The number of hydrogen-bond acceptors (Lipinski definition) is 2. The lowest BCUT2D eigenvalue weighted by molar-refractivity contribution is 0.338. The molecule has 0 atom stereocenters. The van der Waals surface area contributed by atoms with Gasteiger partial charge in [-0.2, -0.15) is 5.10 Å². The Morgan fingerprint density at radius 3 is 2.67 bits per heavy atom. The lowest BCUT2D eigenvalue weighted by Gasteiger charge is -2.27. The Bertz CT molecular complexity index is 668. The van der Waals surface area contributed by atoms with Crippen LogP contribution in [0.25, 0.3) is 5.69 Å². The van der Waals surface area contributed by atoms with Crippen molar-refractivity contribution in [2.45, 2.75) is 39.0 Å². The van der Waals surface area contributed by atoms with E-state index in [4.69, 9.17) is 5.73 Å². The topological polar surface area (TPSA) is 59.4 Å². The summed E-state index contributed by atoms with van der Waals surface area (Å²) in [7, 11) is 0. The summed E-state index contributed by atoms with van der Waals surface area (Å²) < 4.78 is 1.95. The minimum Gasteiger partial charge on any atom is -0.370 e. The Kier molecular flexibility index (Phi) is 5.51. The molecule has 0 radical (unpaired) electrons. The zero-order valence-electron chi connectivity index (χ0n) is 14.5. The SMILES string of the molecule is Cc1nn(-c2ccccc2)cc1CCCN=C(N)N1CCCCC1. The van der Waals surface area contributed by atoms with Gasteiger partial charge in [-0.1, -0.05) is 18.2 Å². The molecular formula is C19H27N5. The van der Waals surface area contributed by atoms with Gasteiger partial charge in [-0.25, -0.2) is 4.68 Å². The Hall–Kier alpha value is -2.30. The number of nitrogens with two attached hydrogens (primary N) is 1. The summed E-state index contributed by atoms with van der Waals surface area (Å²) in [6, 6.07) is 10.2. The Morgan fingerprint density at radius 2 is 1.92 bits per heavy atom. The van der Waals surface area contributed by atoms with Crippen LogP contribution in [0.1, 0.15) is 36.9 Å². The molecule has 5 nitrogen and oxygen atoms in total. The van der Waals surface area contributed by atoms with Gasteiger partial charge in [0.05, 0.1) is 11.4 Å². The van der Waals surface area contributed by atoms with Crippen molar-refractivity contribution in [2.24, 2.45) is 10.7 Å². The second-order valence-corrected chi connectivity index (χ2v) is 6.41. The lowest BCUT2D eigenvalue weighted by Crippen LogP contribution is -2.40. The number of rotatable bonds is 5. The molecule has 2 aromatic rings. The van der Waals surface area contributed by atoms with Crippen molar-refractivity contribution >= 4 is 5.96 Å². The molecule has 2 heterocycles. The second kappa shape index (κ2) is 7.99. The number of piperidine rings is 1. The molecule has 2 N–H and O–H groups in total. The van der Waals surface area contributed by atoms with E-state index < -0.39 is 0 Å². The van der Waals surface area contributed by atoms with Crippen LogP contribution in [0.15, 0.2) is 41.5 Å². The molecule has 0 saturated carbocycles.